The summed E-state index contributed by atoms with van der Waals surface area (Å²) in [4.78, 5) is 26.4. The van der Waals surface area contributed by atoms with Gasteiger partial charge in [0.15, 0.2) is 0 Å². The standard InChI is InChI=1S/C26H27Cl2N3O/c1-6-31(16-9-7-8-15(2)12-16)23(32)26-11-10-25(5,24(26,3)4)21-22(26)30-20-14-18(28)17(27)13-19(20)29-21/h7-9,12-14H,6,10-11H2,1-5H3. The Morgan fingerprint density at radius 2 is 1.62 bits per heavy atom. The van der Waals surface area contributed by atoms with Gasteiger partial charge in [-0.25, -0.2) is 9.97 Å². The van der Waals surface area contributed by atoms with Crippen molar-refractivity contribution in [3.8, 4) is 0 Å². The number of hydrogen-bond acceptors (Lipinski definition) is 3. The highest BCUT2D eigenvalue weighted by molar-refractivity contribution is 6.42. The predicted molar refractivity (Wildman–Crippen MR) is 131 cm³/mol. The molecule has 32 heavy (non-hydrogen) atoms. The summed E-state index contributed by atoms with van der Waals surface area (Å²) in [7, 11) is 0. The van der Waals surface area contributed by atoms with E-state index in [0.717, 1.165) is 41.0 Å². The first-order valence-corrected chi connectivity index (χ1v) is 11.9. The normalized spacial score (nSPS) is 25.2. The number of likely N-dealkylation sites (N-methyl/N-ethyl adjacent to an activating group) is 1. The molecule has 3 aromatic rings. The number of aromatic nitrogens is 2. The van der Waals surface area contributed by atoms with Gasteiger partial charge in [-0.05, 0) is 61.9 Å². The van der Waals surface area contributed by atoms with E-state index in [1.165, 1.54) is 0 Å². The van der Waals surface area contributed by atoms with Gasteiger partial charge in [0.1, 0.15) is 0 Å². The molecule has 2 aromatic carbocycles. The molecular formula is C26H27Cl2N3O. The topological polar surface area (TPSA) is 46.1 Å². The third kappa shape index (κ3) is 2.54. The Kier molecular flexibility index (Phi) is 4.68. The van der Waals surface area contributed by atoms with Gasteiger partial charge in [0.25, 0.3) is 0 Å². The molecule has 1 amide bonds. The lowest BCUT2D eigenvalue weighted by molar-refractivity contribution is -0.127. The van der Waals surface area contributed by atoms with Crippen LogP contribution in [0.1, 0.15) is 57.5 Å². The van der Waals surface area contributed by atoms with Gasteiger partial charge in [0.05, 0.1) is 37.9 Å². The Bertz CT molecular complexity index is 1290. The van der Waals surface area contributed by atoms with Crippen LogP contribution in [0.15, 0.2) is 36.4 Å². The molecule has 0 radical (unpaired) electrons. The summed E-state index contributed by atoms with van der Waals surface area (Å²) in [6.45, 7) is 11.3. The second kappa shape index (κ2) is 6.91. The lowest BCUT2D eigenvalue weighted by Crippen LogP contribution is -2.53. The van der Waals surface area contributed by atoms with Crippen LogP contribution in [0.4, 0.5) is 5.69 Å². The third-order valence-corrected chi connectivity index (χ3v) is 9.04. The maximum absolute atomic E-state index is 14.5. The molecule has 0 aliphatic heterocycles. The van der Waals surface area contributed by atoms with Crippen LogP contribution in [0.3, 0.4) is 0 Å². The number of carbonyl (C=O) groups is 1. The van der Waals surface area contributed by atoms with E-state index >= 15 is 0 Å². The van der Waals surface area contributed by atoms with Crippen LogP contribution in [0.25, 0.3) is 11.0 Å². The number of aryl methyl sites for hydroxylation is 1. The summed E-state index contributed by atoms with van der Waals surface area (Å²) < 4.78 is 0. The van der Waals surface area contributed by atoms with Crippen molar-refractivity contribution in [1.29, 1.82) is 0 Å². The maximum atomic E-state index is 14.5. The zero-order valence-electron chi connectivity index (χ0n) is 19.1. The maximum Gasteiger partial charge on any atom is 0.239 e. The molecule has 2 atom stereocenters. The molecular weight excluding hydrogens is 441 g/mol. The number of nitrogens with zero attached hydrogens (tertiary/aromatic N) is 3. The van der Waals surface area contributed by atoms with Crippen LogP contribution >= 0.6 is 23.2 Å². The first-order chi connectivity index (χ1) is 15.1. The quantitative estimate of drug-likeness (QED) is 0.434. The van der Waals surface area contributed by atoms with E-state index in [4.69, 9.17) is 33.2 Å². The number of rotatable bonds is 3. The first kappa shape index (κ1) is 21.7. The van der Waals surface area contributed by atoms with E-state index in [9.17, 15) is 4.79 Å². The summed E-state index contributed by atoms with van der Waals surface area (Å²) in [6, 6.07) is 11.7. The van der Waals surface area contributed by atoms with Gasteiger partial charge in [-0.2, -0.15) is 0 Å². The Balaban J connectivity index is 1.76. The minimum absolute atomic E-state index is 0.104. The number of fused-ring (bicyclic) bond motifs is 6. The molecule has 1 aromatic heterocycles. The molecule has 5 rings (SSSR count). The van der Waals surface area contributed by atoms with Crippen LogP contribution < -0.4 is 4.90 Å². The molecule has 2 unspecified atom stereocenters. The van der Waals surface area contributed by atoms with Crippen molar-refractivity contribution in [2.75, 3.05) is 11.4 Å². The lowest BCUT2D eigenvalue weighted by Gasteiger charge is -2.42. The Morgan fingerprint density at radius 3 is 2.22 bits per heavy atom. The molecule has 1 saturated carbocycles. The van der Waals surface area contributed by atoms with Gasteiger partial charge in [-0.15, -0.1) is 0 Å². The number of halogens is 2. The summed E-state index contributed by atoms with van der Waals surface area (Å²) in [5, 5.41) is 0.903. The van der Waals surface area contributed by atoms with Crippen LogP contribution in [0, 0.1) is 12.3 Å². The van der Waals surface area contributed by atoms with Crippen LogP contribution in [0.5, 0.6) is 0 Å². The SMILES string of the molecule is CCN(C(=O)C12CCC(C)(c3nc4cc(Cl)c(Cl)cc4nc31)C2(C)C)c1cccc(C)c1. The van der Waals surface area contributed by atoms with E-state index in [-0.39, 0.29) is 16.7 Å². The highest BCUT2D eigenvalue weighted by Crippen LogP contribution is 2.70. The zero-order chi connectivity index (χ0) is 23.1. The van der Waals surface area contributed by atoms with E-state index < -0.39 is 5.41 Å². The fraction of sp³-hybridized carbons (Fsp3) is 0.423. The van der Waals surface area contributed by atoms with Crippen molar-refractivity contribution in [1.82, 2.24) is 9.97 Å². The minimum atomic E-state index is -0.746. The van der Waals surface area contributed by atoms with Crippen molar-refractivity contribution in [3.05, 3.63) is 63.4 Å². The van der Waals surface area contributed by atoms with Crippen LogP contribution in [-0.2, 0) is 15.6 Å². The average Bonchev–Trinajstić information content (AvgIpc) is 3.03. The number of hydrogen-bond donors (Lipinski definition) is 0. The fourth-order valence-electron chi connectivity index (χ4n) is 6.04. The van der Waals surface area contributed by atoms with Gasteiger partial charge >= 0.3 is 0 Å². The molecule has 2 aliphatic carbocycles. The highest BCUT2D eigenvalue weighted by Gasteiger charge is 2.73. The van der Waals surface area contributed by atoms with E-state index in [1.54, 1.807) is 12.1 Å². The number of benzene rings is 2. The van der Waals surface area contributed by atoms with Crippen molar-refractivity contribution < 1.29 is 4.79 Å². The van der Waals surface area contributed by atoms with Crippen molar-refractivity contribution in [2.24, 2.45) is 5.41 Å². The molecule has 166 valence electrons. The number of carbonyl (C=O) groups excluding carboxylic acids is 1. The molecule has 0 spiro atoms. The van der Waals surface area contributed by atoms with Crippen LogP contribution in [-0.4, -0.2) is 22.4 Å². The van der Waals surface area contributed by atoms with Crippen molar-refractivity contribution in [2.45, 2.75) is 58.3 Å². The van der Waals surface area contributed by atoms with Gasteiger partial charge < -0.3 is 4.90 Å². The van der Waals surface area contributed by atoms with Gasteiger partial charge in [-0.3, -0.25) is 4.79 Å². The van der Waals surface area contributed by atoms with E-state index in [0.29, 0.717) is 22.1 Å². The summed E-state index contributed by atoms with van der Waals surface area (Å²) in [5.41, 5.74) is 3.83. The van der Waals surface area contributed by atoms with Gasteiger partial charge in [0.2, 0.25) is 5.91 Å². The van der Waals surface area contributed by atoms with E-state index in [1.807, 2.05) is 36.9 Å². The molecule has 2 bridgehead atoms. The molecule has 0 N–H and O–H groups in total. The highest BCUT2D eigenvalue weighted by atomic mass is 35.5. The largest absolute Gasteiger partial charge is 0.312 e. The number of amides is 1. The monoisotopic (exact) mass is 467 g/mol. The minimum Gasteiger partial charge on any atom is -0.312 e. The molecule has 2 aliphatic rings. The average molecular weight is 468 g/mol. The molecule has 1 heterocycles. The third-order valence-electron chi connectivity index (χ3n) is 8.32. The predicted octanol–water partition coefficient (Wildman–Crippen LogP) is 6.63. The summed E-state index contributed by atoms with van der Waals surface area (Å²) in [5.74, 6) is 0.104. The Labute approximate surface area is 199 Å². The zero-order valence-corrected chi connectivity index (χ0v) is 20.6. The van der Waals surface area contributed by atoms with Gasteiger partial charge in [0, 0.05) is 17.6 Å². The van der Waals surface area contributed by atoms with Crippen LogP contribution in [0.2, 0.25) is 10.0 Å². The summed E-state index contributed by atoms with van der Waals surface area (Å²) >= 11 is 12.6. The Hall–Kier alpha value is -2.17. The number of anilines is 1. The van der Waals surface area contributed by atoms with E-state index in [2.05, 4.69) is 26.8 Å². The molecule has 4 nitrogen and oxygen atoms in total. The smallest absolute Gasteiger partial charge is 0.239 e. The van der Waals surface area contributed by atoms with Gasteiger partial charge in [-0.1, -0.05) is 56.1 Å². The molecule has 6 heteroatoms. The first-order valence-electron chi connectivity index (χ1n) is 11.1. The van der Waals surface area contributed by atoms with Crippen molar-refractivity contribution >= 4 is 45.8 Å². The molecule has 1 fully saturated rings. The Morgan fingerprint density at radius 1 is 1.00 bits per heavy atom. The lowest BCUT2D eigenvalue weighted by atomic mass is 9.63. The van der Waals surface area contributed by atoms with Crippen molar-refractivity contribution in [3.63, 3.8) is 0 Å². The second-order valence-corrected chi connectivity index (χ2v) is 10.7. The summed E-state index contributed by atoms with van der Waals surface area (Å²) in [6.07, 6.45) is 1.65. The fourth-order valence-corrected chi connectivity index (χ4v) is 6.36. The second-order valence-electron chi connectivity index (χ2n) is 9.93. The molecule has 0 saturated heterocycles.